The minimum absolute atomic E-state index is 0.00308. The largest absolute Gasteiger partial charge is 0.447 e. The molecule has 1 saturated heterocycles. The van der Waals surface area contributed by atoms with Crippen LogP contribution in [0.2, 0.25) is 0 Å². The number of nitrogens with zero attached hydrogens (tertiary/aromatic N) is 3. The zero-order valence-electron chi connectivity index (χ0n) is 17.7. The van der Waals surface area contributed by atoms with Crippen molar-refractivity contribution < 1.29 is 23.8 Å². The summed E-state index contributed by atoms with van der Waals surface area (Å²) in [5.74, 6) is -0.158. The molecule has 1 fully saturated rings. The van der Waals surface area contributed by atoms with Gasteiger partial charge in [0.15, 0.2) is 0 Å². The molecule has 2 aromatic heterocycles. The van der Waals surface area contributed by atoms with Crippen LogP contribution in [0.5, 0.6) is 0 Å². The maximum absolute atomic E-state index is 12.6. The summed E-state index contributed by atoms with van der Waals surface area (Å²) >= 11 is 1.34. The molecule has 0 aliphatic carbocycles. The predicted molar refractivity (Wildman–Crippen MR) is 116 cm³/mol. The van der Waals surface area contributed by atoms with Gasteiger partial charge in [-0.15, -0.1) is 11.3 Å². The molecule has 2 amide bonds. The van der Waals surface area contributed by atoms with Gasteiger partial charge in [-0.1, -0.05) is 13.0 Å². The van der Waals surface area contributed by atoms with Crippen LogP contribution in [-0.2, 0) is 32.0 Å². The van der Waals surface area contributed by atoms with Crippen LogP contribution in [0.4, 0.5) is 9.80 Å². The van der Waals surface area contributed by atoms with Gasteiger partial charge >= 0.3 is 6.09 Å². The van der Waals surface area contributed by atoms with E-state index in [1.165, 1.54) is 11.3 Å². The molecule has 2 aliphatic rings. The summed E-state index contributed by atoms with van der Waals surface area (Å²) in [5.41, 5.74) is 2.36. The topological polar surface area (TPSA) is 114 Å². The molecular formula is C22H24N4O5S. The third-order valence-electron chi connectivity index (χ3n) is 5.51. The molecule has 0 aromatic carbocycles. The molecule has 1 N–H and O–H groups in total. The molecule has 2 aromatic rings. The first-order valence-corrected chi connectivity index (χ1v) is 11.2. The molecule has 10 heteroatoms. The van der Waals surface area contributed by atoms with Crippen LogP contribution in [0.3, 0.4) is 0 Å². The van der Waals surface area contributed by atoms with Gasteiger partial charge in [0.1, 0.15) is 30.6 Å². The summed E-state index contributed by atoms with van der Waals surface area (Å²) < 4.78 is 15.7. The Morgan fingerprint density at radius 2 is 2.38 bits per heavy atom. The molecule has 168 valence electrons. The van der Waals surface area contributed by atoms with Crippen LogP contribution in [0.15, 0.2) is 24.5 Å². The lowest BCUT2D eigenvalue weighted by atomic mass is 9.99. The van der Waals surface area contributed by atoms with Gasteiger partial charge in [-0.25, -0.2) is 4.79 Å². The molecule has 4 rings (SSSR count). The van der Waals surface area contributed by atoms with E-state index in [1.807, 2.05) is 19.1 Å². The van der Waals surface area contributed by atoms with E-state index in [4.69, 9.17) is 14.2 Å². The van der Waals surface area contributed by atoms with Gasteiger partial charge in [-0.2, -0.15) is 5.26 Å². The lowest BCUT2D eigenvalue weighted by Crippen LogP contribution is -2.37. The summed E-state index contributed by atoms with van der Waals surface area (Å²) in [5, 5.41) is 13.1. The minimum atomic E-state index is -0.422. The highest BCUT2D eigenvalue weighted by Crippen LogP contribution is 2.37. The number of aromatic nitrogens is 1. The standard InChI is InChI=1S/C22H24N4O5S/c1-14(15-3-2-5-24-9-15)7-20(27)25-21-18(8-23)17-4-6-26(10-19(17)32-21)22(28)30-12-16-11-29-13-31-16/h2-3,5,9,14,16H,4,6-7,10-13H2,1H3,(H,25,27). The third-order valence-corrected chi connectivity index (χ3v) is 6.64. The molecule has 2 atom stereocenters. The number of hydrogen-bond donors (Lipinski definition) is 1. The van der Waals surface area contributed by atoms with Crippen molar-refractivity contribution in [3.05, 3.63) is 46.1 Å². The number of thiophene rings is 1. The van der Waals surface area contributed by atoms with Gasteiger partial charge in [0.25, 0.3) is 0 Å². The van der Waals surface area contributed by atoms with Crippen LogP contribution in [0.1, 0.15) is 40.8 Å². The maximum atomic E-state index is 12.6. The van der Waals surface area contributed by atoms with E-state index in [0.717, 1.165) is 16.0 Å². The average Bonchev–Trinajstić information content (AvgIpc) is 3.44. The summed E-state index contributed by atoms with van der Waals surface area (Å²) in [6.07, 6.45) is 3.61. The van der Waals surface area contributed by atoms with E-state index >= 15 is 0 Å². The van der Waals surface area contributed by atoms with Gasteiger partial charge < -0.3 is 24.4 Å². The van der Waals surface area contributed by atoms with Crippen molar-refractivity contribution in [1.29, 1.82) is 5.26 Å². The molecule has 32 heavy (non-hydrogen) atoms. The van der Waals surface area contributed by atoms with Crippen molar-refractivity contribution >= 4 is 28.3 Å². The second-order valence-electron chi connectivity index (χ2n) is 7.79. The number of carbonyl (C=O) groups excluding carboxylic acids is 2. The Morgan fingerprint density at radius 1 is 1.50 bits per heavy atom. The number of anilines is 1. The normalized spacial score (nSPS) is 18.5. The van der Waals surface area contributed by atoms with Crippen molar-refractivity contribution in [1.82, 2.24) is 9.88 Å². The van der Waals surface area contributed by atoms with Crippen molar-refractivity contribution in [3.63, 3.8) is 0 Å². The number of nitriles is 1. The van der Waals surface area contributed by atoms with Crippen LogP contribution in [0, 0.1) is 11.3 Å². The first kappa shape index (κ1) is 22.2. The quantitative estimate of drug-likeness (QED) is 0.711. The second kappa shape index (κ2) is 10.1. The third kappa shape index (κ3) is 5.07. The van der Waals surface area contributed by atoms with Crippen molar-refractivity contribution in [2.45, 2.75) is 38.3 Å². The molecule has 4 heterocycles. The molecule has 0 saturated carbocycles. The summed E-state index contributed by atoms with van der Waals surface area (Å²) in [6, 6.07) is 6.00. The molecular weight excluding hydrogens is 432 g/mol. The maximum Gasteiger partial charge on any atom is 0.410 e. The Balaban J connectivity index is 1.37. The monoisotopic (exact) mass is 456 g/mol. The van der Waals surface area contributed by atoms with Gasteiger partial charge in [-0.05, 0) is 29.5 Å². The fourth-order valence-electron chi connectivity index (χ4n) is 3.73. The lowest BCUT2D eigenvalue weighted by molar-refractivity contribution is -0.116. The van der Waals surface area contributed by atoms with E-state index < -0.39 is 6.09 Å². The molecule has 0 radical (unpaired) electrons. The Bertz CT molecular complexity index is 1010. The molecule has 9 nitrogen and oxygen atoms in total. The number of hydrogen-bond acceptors (Lipinski definition) is 8. The average molecular weight is 457 g/mol. The highest BCUT2D eigenvalue weighted by Gasteiger charge is 2.29. The van der Waals surface area contributed by atoms with Crippen LogP contribution in [-0.4, -0.2) is 54.5 Å². The number of amides is 2. The zero-order valence-corrected chi connectivity index (χ0v) is 18.5. The van der Waals surface area contributed by atoms with Crippen LogP contribution < -0.4 is 5.32 Å². The fourth-order valence-corrected chi connectivity index (χ4v) is 4.96. The predicted octanol–water partition coefficient (Wildman–Crippen LogP) is 3.01. The van der Waals surface area contributed by atoms with E-state index in [9.17, 15) is 14.9 Å². The van der Waals surface area contributed by atoms with Gasteiger partial charge in [0.05, 0.1) is 18.7 Å². The summed E-state index contributed by atoms with van der Waals surface area (Å²) in [4.78, 5) is 31.6. The summed E-state index contributed by atoms with van der Waals surface area (Å²) in [6.45, 7) is 3.54. The lowest BCUT2D eigenvalue weighted by Gasteiger charge is -2.26. The Morgan fingerprint density at radius 3 is 3.09 bits per heavy atom. The highest BCUT2D eigenvalue weighted by atomic mass is 32.1. The van der Waals surface area contributed by atoms with Crippen LogP contribution in [0.25, 0.3) is 0 Å². The highest BCUT2D eigenvalue weighted by molar-refractivity contribution is 7.16. The zero-order chi connectivity index (χ0) is 22.5. The van der Waals surface area contributed by atoms with Gasteiger partial charge in [0.2, 0.25) is 5.91 Å². The van der Waals surface area contributed by atoms with Crippen LogP contribution >= 0.6 is 11.3 Å². The fraction of sp³-hybridized carbons (Fsp3) is 0.455. The SMILES string of the molecule is CC(CC(=O)Nc1sc2c(c1C#N)CCN(C(=O)OCC1COCO1)C2)c1cccnc1. The van der Waals surface area contributed by atoms with Crippen molar-refractivity contribution in [3.8, 4) is 6.07 Å². The number of fused-ring (bicyclic) bond motifs is 1. The van der Waals surface area contributed by atoms with Gasteiger partial charge in [-0.3, -0.25) is 9.78 Å². The van der Waals surface area contributed by atoms with E-state index in [0.29, 0.717) is 36.7 Å². The number of carbonyl (C=O) groups is 2. The molecule has 0 bridgehead atoms. The number of rotatable bonds is 6. The minimum Gasteiger partial charge on any atom is -0.447 e. The van der Waals surface area contributed by atoms with E-state index in [2.05, 4.69) is 16.4 Å². The number of ether oxygens (including phenoxy) is 3. The van der Waals surface area contributed by atoms with E-state index in [-0.39, 0.29) is 37.7 Å². The smallest absolute Gasteiger partial charge is 0.410 e. The Kier molecular flexibility index (Phi) is 6.99. The number of nitrogens with one attached hydrogen (secondary N) is 1. The Hall–Kier alpha value is -3.00. The molecule has 0 spiro atoms. The summed E-state index contributed by atoms with van der Waals surface area (Å²) in [7, 11) is 0. The number of pyridine rings is 1. The van der Waals surface area contributed by atoms with Crippen molar-refractivity contribution in [2.24, 2.45) is 0 Å². The van der Waals surface area contributed by atoms with Gasteiger partial charge in [0, 0.05) is 30.2 Å². The molecule has 2 unspecified atom stereocenters. The molecule has 2 aliphatic heterocycles. The first-order valence-electron chi connectivity index (χ1n) is 10.4. The Labute approximate surface area is 189 Å². The van der Waals surface area contributed by atoms with Crippen molar-refractivity contribution in [2.75, 3.05) is 31.9 Å². The first-order chi connectivity index (χ1) is 15.5. The second-order valence-corrected chi connectivity index (χ2v) is 8.89. The van der Waals surface area contributed by atoms with E-state index in [1.54, 1.807) is 17.3 Å².